The molecule has 0 aromatic carbocycles. The molecule has 3 nitrogen and oxygen atoms in total. The topological polar surface area (TPSA) is 43.1 Å². The van der Waals surface area contributed by atoms with E-state index in [1.807, 2.05) is 26.8 Å². The lowest BCUT2D eigenvalue weighted by atomic mass is 10.1. The van der Waals surface area contributed by atoms with Crippen LogP contribution in [0.3, 0.4) is 0 Å². The molecule has 0 bridgehead atoms. The van der Waals surface area contributed by atoms with E-state index < -0.39 is 0 Å². The van der Waals surface area contributed by atoms with E-state index in [0.717, 1.165) is 17.1 Å². The number of nitrogens with zero attached hydrogens (tertiary/aromatic N) is 1. The summed E-state index contributed by atoms with van der Waals surface area (Å²) < 4.78 is 5.31. The number of furan rings is 1. The second-order valence-corrected chi connectivity index (χ2v) is 3.83. The quantitative estimate of drug-likeness (QED) is 0.723. The molecule has 2 aromatic rings. The average molecular weight is 215 g/mol. The summed E-state index contributed by atoms with van der Waals surface area (Å²) in [4.78, 5) is 16.3. The Morgan fingerprint density at radius 2 is 1.88 bits per heavy atom. The summed E-state index contributed by atoms with van der Waals surface area (Å²) in [5, 5.41) is 0. The van der Waals surface area contributed by atoms with Gasteiger partial charge in [0.1, 0.15) is 5.76 Å². The van der Waals surface area contributed by atoms with E-state index >= 15 is 0 Å². The molecule has 16 heavy (non-hydrogen) atoms. The van der Waals surface area contributed by atoms with Crippen molar-refractivity contribution in [1.82, 2.24) is 4.98 Å². The fourth-order valence-electron chi connectivity index (χ4n) is 1.62. The third-order valence-corrected chi connectivity index (χ3v) is 2.43. The SMILES string of the molecule is Cc1ccc(C(=O)c2ccc(C)o2)c(C)n1. The van der Waals surface area contributed by atoms with Crippen LogP contribution in [0, 0.1) is 20.8 Å². The maximum atomic E-state index is 12.1. The molecule has 2 heterocycles. The molecule has 0 aliphatic carbocycles. The second-order valence-electron chi connectivity index (χ2n) is 3.83. The Balaban J connectivity index is 2.41. The number of ketones is 1. The molecule has 0 N–H and O–H groups in total. The van der Waals surface area contributed by atoms with E-state index in [1.165, 1.54) is 0 Å². The minimum absolute atomic E-state index is 0.113. The van der Waals surface area contributed by atoms with Crippen molar-refractivity contribution in [2.45, 2.75) is 20.8 Å². The molecule has 0 saturated carbocycles. The van der Waals surface area contributed by atoms with Crippen molar-refractivity contribution in [1.29, 1.82) is 0 Å². The summed E-state index contributed by atoms with van der Waals surface area (Å²) >= 11 is 0. The van der Waals surface area contributed by atoms with Crippen molar-refractivity contribution in [3.8, 4) is 0 Å². The minimum atomic E-state index is -0.113. The van der Waals surface area contributed by atoms with Crippen molar-refractivity contribution in [3.05, 3.63) is 52.7 Å². The van der Waals surface area contributed by atoms with Gasteiger partial charge in [-0.05, 0) is 45.0 Å². The summed E-state index contributed by atoms with van der Waals surface area (Å²) in [5.41, 5.74) is 2.24. The van der Waals surface area contributed by atoms with E-state index in [4.69, 9.17) is 4.42 Å². The standard InChI is InChI=1S/C13H13NO2/c1-8-4-6-11(10(3)14-8)13(15)12-7-5-9(2)16-12/h4-7H,1-3H3. The first-order chi connectivity index (χ1) is 7.58. The van der Waals surface area contributed by atoms with Crippen LogP contribution in [0.2, 0.25) is 0 Å². The molecule has 0 spiro atoms. The Morgan fingerprint density at radius 1 is 1.12 bits per heavy atom. The molecule has 0 atom stereocenters. The van der Waals surface area contributed by atoms with Gasteiger partial charge in [0.25, 0.3) is 0 Å². The Kier molecular flexibility index (Phi) is 2.60. The van der Waals surface area contributed by atoms with Gasteiger partial charge in [-0.3, -0.25) is 9.78 Å². The molecule has 82 valence electrons. The van der Waals surface area contributed by atoms with E-state index in [-0.39, 0.29) is 5.78 Å². The smallest absolute Gasteiger partial charge is 0.229 e. The van der Waals surface area contributed by atoms with Gasteiger partial charge >= 0.3 is 0 Å². The van der Waals surface area contributed by atoms with Crippen LogP contribution in [0.4, 0.5) is 0 Å². The molecule has 0 aliphatic heterocycles. The molecule has 3 heteroatoms. The summed E-state index contributed by atoms with van der Waals surface area (Å²) in [6, 6.07) is 7.09. The van der Waals surface area contributed by atoms with Crippen molar-refractivity contribution in [3.63, 3.8) is 0 Å². The summed E-state index contributed by atoms with van der Waals surface area (Å²) in [5.74, 6) is 0.991. The van der Waals surface area contributed by atoms with Crippen LogP contribution in [0.5, 0.6) is 0 Å². The zero-order chi connectivity index (χ0) is 11.7. The number of carbonyl (C=O) groups excluding carboxylic acids is 1. The van der Waals surface area contributed by atoms with Crippen LogP contribution >= 0.6 is 0 Å². The van der Waals surface area contributed by atoms with Crippen molar-refractivity contribution in [2.24, 2.45) is 0 Å². The van der Waals surface area contributed by atoms with Gasteiger partial charge in [0.05, 0.1) is 0 Å². The minimum Gasteiger partial charge on any atom is -0.458 e. The molecular formula is C13H13NO2. The number of carbonyl (C=O) groups is 1. The molecule has 2 aromatic heterocycles. The van der Waals surface area contributed by atoms with Gasteiger partial charge in [0.15, 0.2) is 5.76 Å². The van der Waals surface area contributed by atoms with Gasteiger partial charge in [-0.25, -0.2) is 0 Å². The first-order valence-electron chi connectivity index (χ1n) is 5.13. The third-order valence-electron chi connectivity index (χ3n) is 2.43. The highest BCUT2D eigenvalue weighted by Crippen LogP contribution is 2.15. The molecule has 2 rings (SSSR count). The largest absolute Gasteiger partial charge is 0.458 e. The van der Waals surface area contributed by atoms with Crippen molar-refractivity contribution in [2.75, 3.05) is 0 Å². The van der Waals surface area contributed by atoms with Gasteiger partial charge in [-0.15, -0.1) is 0 Å². The summed E-state index contributed by atoms with van der Waals surface area (Å²) in [6.45, 7) is 5.55. The summed E-state index contributed by atoms with van der Waals surface area (Å²) in [7, 11) is 0. The molecular weight excluding hydrogens is 202 g/mol. The van der Waals surface area contributed by atoms with Crippen LogP contribution in [0.15, 0.2) is 28.7 Å². The van der Waals surface area contributed by atoms with Crippen molar-refractivity contribution >= 4 is 5.78 Å². The predicted octanol–water partition coefficient (Wildman–Crippen LogP) is 2.83. The Hall–Kier alpha value is -1.90. The molecule has 0 aliphatic rings. The van der Waals surface area contributed by atoms with E-state index in [2.05, 4.69) is 4.98 Å². The zero-order valence-corrected chi connectivity index (χ0v) is 9.57. The van der Waals surface area contributed by atoms with Gasteiger partial charge in [0, 0.05) is 17.0 Å². The maximum absolute atomic E-state index is 12.1. The number of pyridine rings is 1. The third kappa shape index (κ3) is 1.89. The lowest BCUT2D eigenvalue weighted by Gasteiger charge is -2.02. The molecule has 0 radical (unpaired) electrons. The normalized spacial score (nSPS) is 10.4. The number of hydrogen-bond donors (Lipinski definition) is 0. The number of aryl methyl sites for hydroxylation is 3. The number of hydrogen-bond acceptors (Lipinski definition) is 3. The first kappa shape index (κ1) is 10.6. The van der Waals surface area contributed by atoms with Crippen LogP contribution in [0.1, 0.15) is 33.3 Å². The van der Waals surface area contributed by atoms with Crippen LogP contribution in [-0.4, -0.2) is 10.8 Å². The number of aromatic nitrogens is 1. The Labute approximate surface area is 94.1 Å². The fourth-order valence-corrected chi connectivity index (χ4v) is 1.62. The lowest BCUT2D eigenvalue weighted by molar-refractivity contribution is 0.101. The Morgan fingerprint density at radius 3 is 2.44 bits per heavy atom. The predicted molar refractivity (Wildman–Crippen MR) is 60.6 cm³/mol. The monoisotopic (exact) mass is 215 g/mol. The highest BCUT2D eigenvalue weighted by atomic mass is 16.3. The molecule has 0 unspecified atom stereocenters. The van der Waals surface area contributed by atoms with Gasteiger partial charge < -0.3 is 4.42 Å². The van der Waals surface area contributed by atoms with Gasteiger partial charge in [-0.2, -0.15) is 0 Å². The molecule has 0 fully saturated rings. The number of rotatable bonds is 2. The van der Waals surface area contributed by atoms with Crippen LogP contribution < -0.4 is 0 Å². The van der Waals surface area contributed by atoms with Crippen LogP contribution in [-0.2, 0) is 0 Å². The van der Waals surface area contributed by atoms with Crippen molar-refractivity contribution < 1.29 is 9.21 Å². The average Bonchev–Trinajstić information content (AvgIpc) is 2.64. The van der Waals surface area contributed by atoms with E-state index in [1.54, 1.807) is 18.2 Å². The summed E-state index contributed by atoms with van der Waals surface area (Å²) in [6.07, 6.45) is 0. The van der Waals surface area contributed by atoms with Gasteiger partial charge in [0.2, 0.25) is 5.78 Å². The van der Waals surface area contributed by atoms with Crippen LogP contribution in [0.25, 0.3) is 0 Å². The zero-order valence-electron chi connectivity index (χ0n) is 9.57. The highest BCUT2D eigenvalue weighted by Gasteiger charge is 2.15. The van der Waals surface area contributed by atoms with E-state index in [0.29, 0.717) is 11.3 Å². The molecule has 0 saturated heterocycles. The second kappa shape index (κ2) is 3.93. The lowest BCUT2D eigenvalue weighted by Crippen LogP contribution is -2.04. The first-order valence-corrected chi connectivity index (χ1v) is 5.13. The highest BCUT2D eigenvalue weighted by molar-refractivity contribution is 6.07. The van der Waals surface area contributed by atoms with Gasteiger partial charge in [-0.1, -0.05) is 0 Å². The molecule has 0 amide bonds. The Bertz CT molecular complexity index is 541. The fraction of sp³-hybridized carbons (Fsp3) is 0.231. The maximum Gasteiger partial charge on any atom is 0.229 e. The van der Waals surface area contributed by atoms with E-state index in [9.17, 15) is 4.79 Å².